The molecule has 5 nitrogen and oxygen atoms in total. The van der Waals surface area contributed by atoms with Gasteiger partial charge in [0, 0.05) is 17.4 Å². The van der Waals surface area contributed by atoms with Gasteiger partial charge >= 0.3 is 5.97 Å². The molecule has 244 valence electrons. The zero-order chi connectivity index (χ0) is 33.2. The van der Waals surface area contributed by atoms with Crippen LogP contribution in [0.2, 0.25) is 0 Å². The number of aliphatic hydroxyl groups excluding tert-OH is 2. The Balaban J connectivity index is 1.28. The predicted octanol–water partition coefficient (Wildman–Crippen LogP) is 8.70. The van der Waals surface area contributed by atoms with E-state index in [4.69, 9.17) is 9.47 Å². The number of epoxide rings is 1. The number of carbonyl (C=O) groups is 1. The van der Waals surface area contributed by atoms with Crippen molar-refractivity contribution in [2.45, 2.75) is 118 Å². The minimum absolute atomic E-state index is 0.00569. The highest BCUT2D eigenvalue weighted by molar-refractivity contribution is 5.92. The topological polar surface area (TPSA) is 79.3 Å². The van der Waals surface area contributed by atoms with Gasteiger partial charge in [-0.25, -0.2) is 4.79 Å². The molecule has 2 aliphatic carbocycles. The van der Waals surface area contributed by atoms with Gasteiger partial charge in [0.25, 0.3) is 0 Å². The molecule has 0 aromatic heterocycles. The molecule has 1 saturated heterocycles. The Kier molecular flexibility index (Phi) is 10.4. The second kappa shape index (κ2) is 13.4. The predicted molar refractivity (Wildman–Crippen MR) is 183 cm³/mol. The minimum atomic E-state index is -0.386. The summed E-state index contributed by atoms with van der Waals surface area (Å²) in [5.41, 5.74) is 4.46. The van der Waals surface area contributed by atoms with Crippen molar-refractivity contribution in [2.24, 2.45) is 16.7 Å². The monoisotopic (exact) mass is 614 g/mol. The van der Waals surface area contributed by atoms with Crippen LogP contribution in [0.15, 0.2) is 107 Å². The quantitative estimate of drug-likeness (QED) is 0.111. The fourth-order valence-corrected chi connectivity index (χ4v) is 7.85. The third-order valence-electron chi connectivity index (χ3n) is 10.2. The number of ether oxygens (including phenoxy) is 2. The maximum Gasteiger partial charge on any atom is 0.339 e. The van der Waals surface area contributed by atoms with Crippen molar-refractivity contribution >= 4 is 5.97 Å². The van der Waals surface area contributed by atoms with E-state index in [0.29, 0.717) is 30.1 Å². The van der Waals surface area contributed by atoms with E-state index in [2.05, 4.69) is 91.8 Å². The lowest BCUT2D eigenvalue weighted by molar-refractivity contribution is -0.133. The maximum atomic E-state index is 12.5. The van der Waals surface area contributed by atoms with Crippen LogP contribution >= 0.6 is 0 Å². The summed E-state index contributed by atoms with van der Waals surface area (Å²) in [6.07, 6.45) is 27.3. The molecule has 1 saturated carbocycles. The summed E-state index contributed by atoms with van der Waals surface area (Å²) in [6, 6.07) is 0. The van der Waals surface area contributed by atoms with Crippen molar-refractivity contribution in [2.75, 3.05) is 0 Å². The van der Waals surface area contributed by atoms with Gasteiger partial charge in [-0.1, -0.05) is 99.1 Å². The molecule has 5 unspecified atom stereocenters. The number of fused-ring (bicyclic) bond motifs is 1. The van der Waals surface area contributed by atoms with Gasteiger partial charge in [-0.05, 0) is 95.4 Å². The molecule has 0 amide bonds. The summed E-state index contributed by atoms with van der Waals surface area (Å²) >= 11 is 0. The number of carbonyl (C=O) groups excluding carboxylic acids is 1. The highest BCUT2D eigenvalue weighted by atomic mass is 16.6. The lowest BCUT2D eigenvalue weighted by atomic mass is 9.63. The molecular weight excluding hydrogens is 560 g/mol. The molecule has 4 aliphatic rings. The van der Waals surface area contributed by atoms with Crippen molar-refractivity contribution in [1.82, 2.24) is 0 Å². The van der Waals surface area contributed by atoms with E-state index < -0.39 is 0 Å². The van der Waals surface area contributed by atoms with Crippen molar-refractivity contribution in [3.63, 3.8) is 0 Å². The van der Waals surface area contributed by atoms with Crippen molar-refractivity contribution in [1.29, 1.82) is 0 Å². The van der Waals surface area contributed by atoms with E-state index in [1.165, 1.54) is 5.57 Å². The first-order valence-corrected chi connectivity index (χ1v) is 16.4. The van der Waals surface area contributed by atoms with Gasteiger partial charge in [0.2, 0.25) is 0 Å². The molecule has 4 rings (SSSR count). The number of esters is 1. The van der Waals surface area contributed by atoms with E-state index in [1.807, 2.05) is 43.4 Å². The summed E-state index contributed by atoms with van der Waals surface area (Å²) in [5.74, 6) is 0.648. The second-order valence-electron chi connectivity index (χ2n) is 15.2. The Hall–Kier alpha value is -2.99. The summed E-state index contributed by atoms with van der Waals surface area (Å²) < 4.78 is 11.8. The van der Waals surface area contributed by atoms with Crippen molar-refractivity contribution < 1.29 is 24.5 Å². The average Bonchev–Trinajstić information content (AvgIpc) is 3.38. The third-order valence-corrected chi connectivity index (χ3v) is 10.2. The number of hydrogen-bond acceptors (Lipinski definition) is 5. The molecule has 45 heavy (non-hydrogen) atoms. The number of aliphatic hydroxyl groups is 2. The molecule has 0 spiro atoms. The van der Waals surface area contributed by atoms with E-state index in [1.54, 1.807) is 0 Å². The Morgan fingerprint density at radius 2 is 1.56 bits per heavy atom. The molecule has 5 heteroatoms. The van der Waals surface area contributed by atoms with Crippen LogP contribution in [0.1, 0.15) is 94.4 Å². The van der Waals surface area contributed by atoms with E-state index >= 15 is 0 Å². The Morgan fingerprint density at radius 3 is 2.22 bits per heavy atom. The molecule has 2 heterocycles. The zero-order valence-electron chi connectivity index (χ0n) is 28.8. The summed E-state index contributed by atoms with van der Waals surface area (Å²) in [7, 11) is 0. The van der Waals surface area contributed by atoms with E-state index in [-0.39, 0.29) is 40.2 Å². The van der Waals surface area contributed by atoms with Crippen LogP contribution < -0.4 is 0 Å². The highest BCUT2D eigenvalue weighted by Gasteiger charge is 2.74. The van der Waals surface area contributed by atoms with E-state index in [0.717, 1.165) is 36.0 Å². The molecule has 0 aromatic carbocycles. The van der Waals surface area contributed by atoms with Crippen LogP contribution in [-0.4, -0.2) is 39.6 Å². The molecule has 5 atom stereocenters. The van der Waals surface area contributed by atoms with Crippen molar-refractivity contribution in [3.8, 4) is 0 Å². The highest BCUT2D eigenvalue weighted by Crippen LogP contribution is 2.66. The first-order valence-electron chi connectivity index (χ1n) is 16.4. The lowest BCUT2D eigenvalue weighted by Crippen LogP contribution is -2.46. The fraction of sp³-hybridized carbons (Fsp3) is 0.525. The first-order chi connectivity index (χ1) is 21.0. The summed E-state index contributed by atoms with van der Waals surface area (Å²) in [6.45, 7) is 19.1. The fourth-order valence-electron chi connectivity index (χ4n) is 7.85. The van der Waals surface area contributed by atoms with Gasteiger partial charge in [-0.15, -0.1) is 0 Å². The van der Waals surface area contributed by atoms with Gasteiger partial charge in [0.15, 0.2) is 0 Å². The molecule has 2 N–H and O–H groups in total. The van der Waals surface area contributed by atoms with Gasteiger partial charge in [-0.3, -0.25) is 0 Å². The minimum Gasteiger partial charge on any atom is -0.423 e. The second-order valence-corrected chi connectivity index (χ2v) is 15.2. The first kappa shape index (κ1) is 34.9. The lowest BCUT2D eigenvalue weighted by Gasteiger charge is -2.40. The van der Waals surface area contributed by atoms with Crippen molar-refractivity contribution in [3.05, 3.63) is 107 Å². The van der Waals surface area contributed by atoms with Gasteiger partial charge < -0.3 is 19.7 Å². The largest absolute Gasteiger partial charge is 0.423 e. The Bertz CT molecular complexity index is 1440. The summed E-state index contributed by atoms with van der Waals surface area (Å²) in [5, 5.41) is 20.4. The zero-order valence-corrected chi connectivity index (χ0v) is 28.8. The van der Waals surface area contributed by atoms with Gasteiger partial charge in [0.05, 0.1) is 12.2 Å². The Morgan fingerprint density at radius 1 is 0.911 bits per heavy atom. The van der Waals surface area contributed by atoms with Gasteiger partial charge in [0.1, 0.15) is 17.0 Å². The standard InChI is InChI=1S/C40H54O5/c1-27(15-12-16-28(2)19-20-40-38(7,8)25-33(42)26-39(40,9)45-40)13-10-11-14-29(3)21-34-23-31(36(43)44-34)17-18-35-30(4)22-32(41)24-37(35,5)6/h10-16,19-23,32-33,35,41-42H,17-18,24-26H2,1-9H3/b11-10+,15-12?,20-19?,27-13?,28-16?,29-14+,34-21-. The third kappa shape index (κ3) is 8.06. The van der Waals surface area contributed by atoms with Crippen LogP contribution in [0.5, 0.6) is 0 Å². The van der Waals surface area contributed by atoms with E-state index in [9.17, 15) is 15.0 Å². The smallest absolute Gasteiger partial charge is 0.339 e. The van der Waals surface area contributed by atoms with Crippen LogP contribution in [0.3, 0.4) is 0 Å². The van der Waals surface area contributed by atoms with Crippen LogP contribution in [0, 0.1) is 16.7 Å². The number of cyclic esters (lactones) is 1. The number of allylic oxidation sites excluding steroid dienone is 14. The SMILES string of the molecule is CC(C=CC12OC1(C)CC(O)CC2(C)C)=CC=CC(C)=C/C=C/C=C(C)/C=C1/C=C(CCC2C(C)=CC(O)CC2(C)C)C(=O)O1. The number of rotatable bonds is 10. The van der Waals surface area contributed by atoms with Crippen LogP contribution in [0.4, 0.5) is 0 Å². The average molecular weight is 615 g/mol. The Labute approximate surface area is 271 Å². The van der Waals surface area contributed by atoms with Gasteiger partial charge in [-0.2, -0.15) is 0 Å². The molecule has 2 aliphatic heterocycles. The normalized spacial score (nSPS) is 34.5. The maximum absolute atomic E-state index is 12.5. The molecule has 0 aromatic rings. The molecule has 2 fully saturated rings. The molecule has 0 bridgehead atoms. The summed E-state index contributed by atoms with van der Waals surface area (Å²) in [4.78, 5) is 12.5. The van der Waals surface area contributed by atoms with Crippen LogP contribution in [0.25, 0.3) is 0 Å². The van der Waals surface area contributed by atoms with Crippen LogP contribution in [-0.2, 0) is 14.3 Å². The molecule has 0 radical (unpaired) electrons. The number of hydrogen-bond donors (Lipinski definition) is 2. The molecular formula is C40H54O5.